The monoisotopic (exact) mass is 346 g/mol. The topological polar surface area (TPSA) is 27.7 Å². The van der Waals surface area contributed by atoms with Gasteiger partial charge in [-0.2, -0.15) is 0 Å². The van der Waals surface area contributed by atoms with Gasteiger partial charge >= 0.3 is 0 Å². The molecule has 0 N–H and O–H groups in total. The van der Waals surface area contributed by atoms with E-state index in [0.29, 0.717) is 13.2 Å². The lowest BCUT2D eigenvalue weighted by Gasteiger charge is -2.50. The lowest BCUT2D eigenvalue weighted by Crippen LogP contribution is -2.59. The third kappa shape index (κ3) is 2.00. The van der Waals surface area contributed by atoms with Crippen molar-refractivity contribution in [3.8, 4) is 0 Å². The second-order valence-electron chi connectivity index (χ2n) is 7.71. The zero-order valence-corrected chi connectivity index (χ0v) is 16.5. The van der Waals surface area contributed by atoms with E-state index in [4.69, 9.17) is 13.9 Å². The number of ether oxygens (including phenoxy) is 2. The van der Waals surface area contributed by atoms with Crippen LogP contribution in [0.15, 0.2) is 34.9 Å². The molecule has 3 nitrogen and oxygen atoms in total. The van der Waals surface area contributed by atoms with Gasteiger partial charge in [0.05, 0.1) is 13.2 Å². The highest BCUT2D eigenvalue weighted by atomic mass is 28.4. The van der Waals surface area contributed by atoms with Crippen molar-refractivity contribution in [2.75, 3.05) is 13.2 Å². The van der Waals surface area contributed by atoms with Gasteiger partial charge in [-0.25, -0.2) is 0 Å². The number of allylic oxidation sites excluding steroid dienone is 3. The van der Waals surface area contributed by atoms with Gasteiger partial charge in [0.15, 0.2) is 8.32 Å². The van der Waals surface area contributed by atoms with Crippen LogP contribution in [0.3, 0.4) is 0 Å². The minimum Gasteiger partial charge on any atom is -0.404 e. The minimum atomic E-state index is -1.77. The van der Waals surface area contributed by atoms with E-state index in [1.54, 1.807) is 0 Å². The number of hydrogen-bond donors (Lipinski definition) is 0. The van der Waals surface area contributed by atoms with Gasteiger partial charge in [0.25, 0.3) is 0 Å². The zero-order chi connectivity index (χ0) is 17.0. The van der Waals surface area contributed by atoms with Crippen LogP contribution in [-0.4, -0.2) is 33.4 Å². The summed E-state index contributed by atoms with van der Waals surface area (Å²) in [5.74, 6) is -0.587. The SMILES string of the molecule is CC[Si](CC)(CC)O[C@@H]1C2=CC=CC2=C(C)C2(CC2)C12OCCO2. The first-order valence-electron chi connectivity index (χ1n) is 9.64. The second kappa shape index (κ2) is 5.66. The van der Waals surface area contributed by atoms with Gasteiger partial charge in [-0.3, -0.25) is 0 Å². The largest absolute Gasteiger partial charge is 0.404 e. The summed E-state index contributed by atoms with van der Waals surface area (Å²) >= 11 is 0. The lowest BCUT2D eigenvalue weighted by molar-refractivity contribution is -0.242. The minimum absolute atomic E-state index is 0.0326. The maximum absolute atomic E-state index is 7.05. The highest BCUT2D eigenvalue weighted by Crippen LogP contribution is 2.68. The summed E-state index contributed by atoms with van der Waals surface area (Å²) in [5, 5.41) is 0. The summed E-state index contributed by atoms with van der Waals surface area (Å²) in [6.07, 6.45) is 8.90. The van der Waals surface area contributed by atoms with E-state index in [1.807, 2.05) is 0 Å². The van der Waals surface area contributed by atoms with Crippen LogP contribution in [0.5, 0.6) is 0 Å². The third-order valence-electron chi connectivity index (χ3n) is 7.03. The summed E-state index contributed by atoms with van der Waals surface area (Å²) in [6, 6.07) is 3.45. The molecule has 3 aliphatic carbocycles. The van der Waals surface area contributed by atoms with Gasteiger partial charge in [-0.15, -0.1) is 0 Å². The average Bonchev–Trinajstić information content (AvgIpc) is 3.05. The Hall–Kier alpha value is -0.683. The van der Waals surface area contributed by atoms with Gasteiger partial charge in [0, 0.05) is 5.41 Å². The Kier molecular flexibility index (Phi) is 3.96. The van der Waals surface area contributed by atoms with Crippen molar-refractivity contribution in [1.29, 1.82) is 0 Å². The average molecular weight is 347 g/mol. The Morgan fingerprint density at radius 1 is 1.12 bits per heavy atom. The molecule has 4 aliphatic rings. The maximum Gasteiger partial charge on any atom is 0.207 e. The zero-order valence-electron chi connectivity index (χ0n) is 15.5. The Bertz CT molecular complexity index is 609. The van der Waals surface area contributed by atoms with Gasteiger partial charge < -0.3 is 13.9 Å². The predicted molar refractivity (Wildman–Crippen MR) is 98.3 cm³/mol. The van der Waals surface area contributed by atoms with Crippen molar-refractivity contribution in [3.05, 3.63) is 34.9 Å². The first-order chi connectivity index (χ1) is 11.6. The van der Waals surface area contributed by atoms with E-state index < -0.39 is 14.1 Å². The Morgan fingerprint density at radius 3 is 2.29 bits per heavy atom. The highest BCUT2D eigenvalue weighted by Gasteiger charge is 2.71. The molecule has 1 saturated heterocycles. The third-order valence-corrected chi connectivity index (χ3v) is 11.6. The van der Waals surface area contributed by atoms with Crippen LogP contribution in [0.2, 0.25) is 18.1 Å². The Morgan fingerprint density at radius 2 is 1.75 bits per heavy atom. The molecule has 2 fully saturated rings. The number of hydrogen-bond acceptors (Lipinski definition) is 3. The molecule has 2 spiro atoms. The van der Waals surface area contributed by atoms with Crippen molar-refractivity contribution in [3.63, 3.8) is 0 Å². The lowest BCUT2D eigenvalue weighted by atomic mass is 9.72. The van der Waals surface area contributed by atoms with E-state index >= 15 is 0 Å². The predicted octanol–water partition coefficient (Wildman–Crippen LogP) is 4.73. The standard InChI is InChI=1S/C20H30O3Si/c1-5-24(6-2,7-3)23-18-17-10-8-9-16(17)15(4)19(11-12-19)20(18)21-13-14-22-20/h8-10,18H,5-7,11-14H2,1-4H3/t18-/m1/s1. The molecule has 1 heterocycles. The van der Waals surface area contributed by atoms with Crippen molar-refractivity contribution in [1.82, 2.24) is 0 Å². The molecule has 0 aromatic rings. The van der Waals surface area contributed by atoms with Crippen LogP contribution >= 0.6 is 0 Å². The highest BCUT2D eigenvalue weighted by molar-refractivity contribution is 6.73. The Labute approximate surface area is 146 Å². The molecule has 0 unspecified atom stereocenters. The molecule has 0 bridgehead atoms. The maximum atomic E-state index is 7.05. The van der Waals surface area contributed by atoms with E-state index in [0.717, 1.165) is 31.0 Å². The second-order valence-corrected chi connectivity index (χ2v) is 12.4. The summed E-state index contributed by atoms with van der Waals surface area (Å²) in [5.41, 5.74) is 4.15. The van der Waals surface area contributed by atoms with Gasteiger partial charge in [0.1, 0.15) is 6.10 Å². The van der Waals surface area contributed by atoms with Gasteiger partial charge in [0.2, 0.25) is 5.79 Å². The number of fused-ring (bicyclic) bond motifs is 2. The first kappa shape index (κ1) is 16.8. The van der Waals surface area contributed by atoms with Gasteiger partial charge in [-0.1, -0.05) is 44.6 Å². The van der Waals surface area contributed by atoms with Crippen molar-refractivity contribution >= 4 is 8.32 Å². The summed E-state index contributed by atoms with van der Waals surface area (Å²) in [7, 11) is -1.77. The van der Waals surface area contributed by atoms with Crippen LogP contribution < -0.4 is 0 Å². The Balaban J connectivity index is 1.82. The summed E-state index contributed by atoms with van der Waals surface area (Å²) < 4.78 is 19.9. The van der Waals surface area contributed by atoms with E-state index in [9.17, 15) is 0 Å². The van der Waals surface area contributed by atoms with Crippen LogP contribution in [0.1, 0.15) is 40.5 Å². The normalized spacial score (nSPS) is 29.5. The summed E-state index contributed by atoms with van der Waals surface area (Å²) in [4.78, 5) is 0. The number of rotatable bonds is 5. The molecular weight excluding hydrogens is 316 g/mol. The molecule has 1 aliphatic heterocycles. The van der Waals surface area contributed by atoms with E-state index in [2.05, 4.69) is 45.9 Å². The molecule has 1 saturated carbocycles. The van der Waals surface area contributed by atoms with Crippen LogP contribution in [0, 0.1) is 5.41 Å². The molecule has 0 aromatic carbocycles. The molecule has 132 valence electrons. The molecule has 24 heavy (non-hydrogen) atoms. The fourth-order valence-electron chi connectivity index (χ4n) is 5.07. The fourth-order valence-corrected chi connectivity index (χ4v) is 7.86. The molecular formula is C20H30O3Si. The van der Waals surface area contributed by atoms with Crippen molar-refractivity contribution in [2.24, 2.45) is 5.41 Å². The molecule has 0 aromatic heterocycles. The quantitative estimate of drug-likeness (QED) is 0.674. The molecule has 1 atom stereocenters. The van der Waals surface area contributed by atoms with Crippen molar-refractivity contribution in [2.45, 2.75) is 70.6 Å². The molecule has 4 rings (SSSR count). The van der Waals surface area contributed by atoms with E-state index in [1.165, 1.54) is 16.7 Å². The van der Waals surface area contributed by atoms with Crippen LogP contribution in [0.25, 0.3) is 0 Å². The molecule has 0 radical (unpaired) electrons. The fraction of sp³-hybridized carbons (Fsp3) is 0.700. The van der Waals surface area contributed by atoms with Crippen LogP contribution in [0.4, 0.5) is 0 Å². The van der Waals surface area contributed by atoms with E-state index in [-0.39, 0.29) is 11.5 Å². The van der Waals surface area contributed by atoms with Crippen LogP contribution in [-0.2, 0) is 13.9 Å². The summed E-state index contributed by atoms with van der Waals surface area (Å²) in [6.45, 7) is 10.5. The van der Waals surface area contributed by atoms with Gasteiger partial charge in [-0.05, 0) is 49.0 Å². The first-order valence-corrected chi connectivity index (χ1v) is 12.2. The van der Waals surface area contributed by atoms with Crippen molar-refractivity contribution < 1.29 is 13.9 Å². The smallest absolute Gasteiger partial charge is 0.207 e. The molecule has 0 amide bonds. The molecule has 4 heteroatoms.